The monoisotopic (exact) mass is 359 g/mol. The van der Waals surface area contributed by atoms with Gasteiger partial charge in [-0.15, -0.1) is 0 Å². The summed E-state index contributed by atoms with van der Waals surface area (Å²) in [5.41, 5.74) is 8.13. The highest BCUT2D eigenvalue weighted by atomic mass is 16.5. The minimum atomic E-state index is 0.193. The van der Waals surface area contributed by atoms with E-state index < -0.39 is 0 Å². The summed E-state index contributed by atoms with van der Waals surface area (Å²) in [5.74, 6) is 1.80. The summed E-state index contributed by atoms with van der Waals surface area (Å²) in [4.78, 5) is 0. The number of rotatable bonds is 4. The van der Waals surface area contributed by atoms with Crippen LogP contribution in [0.5, 0.6) is 11.5 Å². The summed E-state index contributed by atoms with van der Waals surface area (Å²) in [7, 11) is 0. The fourth-order valence-corrected chi connectivity index (χ4v) is 3.45. The zero-order chi connectivity index (χ0) is 18.6. The molecule has 1 aromatic heterocycles. The number of hydrogen-bond donors (Lipinski definition) is 2. The van der Waals surface area contributed by atoms with Crippen molar-refractivity contribution >= 4 is 5.82 Å². The largest absolute Gasteiger partial charge is 0.457 e. The first-order chi connectivity index (χ1) is 13.3. The van der Waals surface area contributed by atoms with Gasteiger partial charge in [0.1, 0.15) is 23.1 Å². The number of nitriles is 1. The number of para-hydroxylation sites is 1. The van der Waals surface area contributed by atoms with E-state index in [0.717, 1.165) is 48.7 Å². The van der Waals surface area contributed by atoms with Gasteiger partial charge in [0.05, 0.1) is 11.7 Å². The number of nitrogen functional groups attached to an aromatic ring is 1. The lowest BCUT2D eigenvalue weighted by molar-refractivity contribution is 0.350. The van der Waals surface area contributed by atoms with E-state index in [1.165, 1.54) is 0 Å². The average Bonchev–Trinajstić information content (AvgIpc) is 3.06. The average molecular weight is 359 g/mol. The number of piperidine rings is 1. The molecule has 27 heavy (non-hydrogen) atoms. The van der Waals surface area contributed by atoms with Crippen molar-refractivity contribution in [2.45, 2.75) is 18.9 Å². The fraction of sp³-hybridized carbons (Fsp3) is 0.238. The second-order valence-electron chi connectivity index (χ2n) is 6.60. The number of ether oxygens (including phenoxy) is 1. The van der Waals surface area contributed by atoms with Crippen LogP contribution in [0.25, 0.3) is 11.3 Å². The molecule has 1 aliphatic heterocycles. The SMILES string of the molecule is N#Cc1c(N)nn([C@@H]2CCCNC2)c1-c1ccc(Oc2ccccc2)cc1. The molecule has 4 rings (SSSR count). The van der Waals surface area contributed by atoms with Crippen LogP contribution in [-0.4, -0.2) is 22.9 Å². The molecule has 0 bridgehead atoms. The Balaban J connectivity index is 1.67. The van der Waals surface area contributed by atoms with Crippen molar-refractivity contribution in [2.24, 2.45) is 0 Å². The Kier molecular flexibility index (Phi) is 4.77. The van der Waals surface area contributed by atoms with Gasteiger partial charge in [-0.1, -0.05) is 18.2 Å². The molecule has 6 heteroatoms. The summed E-state index contributed by atoms with van der Waals surface area (Å²) in [6, 6.07) is 19.7. The smallest absolute Gasteiger partial charge is 0.164 e. The molecule has 1 fully saturated rings. The predicted molar refractivity (Wildman–Crippen MR) is 104 cm³/mol. The van der Waals surface area contributed by atoms with E-state index in [1.54, 1.807) is 0 Å². The van der Waals surface area contributed by atoms with Crippen LogP contribution < -0.4 is 15.8 Å². The van der Waals surface area contributed by atoms with Crippen LogP contribution in [0.2, 0.25) is 0 Å². The number of nitrogens with two attached hydrogens (primary N) is 1. The minimum absolute atomic E-state index is 0.193. The number of nitrogens with zero attached hydrogens (tertiary/aromatic N) is 3. The molecule has 2 aromatic carbocycles. The second-order valence-corrected chi connectivity index (χ2v) is 6.60. The third-order valence-corrected chi connectivity index (χ3v) is 4.77. The Morgan fingerprint density at radius 2 is 1.85 bits per heavy atom. The maximum atomic E-state index is 9.60. The molecule has 136 valence electrons. The highest BCUT2D eigenvalue weighted by Gasteiger charge is 2.24. The Hall–Kier alpha value is -3.30. The molecule has 0 radical (unpaired) electrons. The summed E-state index contributed by atoms with van der Waals surface area (Å²) >= 11 is 0. The standard InChI is InChI=1S/C21H21N5O/c22-13-19-20(26(25-21(19)23)16-5-4-12-24-14-16)15-8-10-18(11-9-15)27-17-6-2-1-3-7-17/h1-3,6-11,16,24H,4-5,12,14H2,(H2,23,25)/t16-/m1/s1. The topological polar surface area (TPSA) is 88.9 Å². The van der Waals surface area contributed by atoms with Crippen molar-refractivity contribution in [1.82, 2.24) is 15.1 Å². The van der Waals surface area contributed by atoms with Crippen molar-refractivity contribution in [3.63, 3.8) is 0 Å². The maximum absolute atomic E-state index is 9.60. The van der Waals surface area contributed by atoms with Crippen molar-refractivity contribution < 1.29 is 4.74 Å². The van der Waals surface area contributed by atoms with E-state index in [9.17, 15) is 5.26 Å². The van der Waals surface area contributed by atoms with Crippen molar-refractivity contribution in [3.8, 4) is 28.8 Å². The Morgan fingerprint density at radius 3 is 2.52 bits per heavy atom. The van der Waals surface area contributed by atoms with Gasteiger partial charge in [-0.25, -0.2) is 0 Å². The lowest BCUT2D eigenvalue weighted by Gasteiger charge is -2.25. The number of anilines is 1. The molecule has 0 aliphatic carbocycles. The first-order valence-corrected chi connectivity index (χ1v) is 9.08. The van der Waals surface area contributed by atoms with Crippen LogP contribution in [0, 0.1) is 11.3 Å². The van der Waals surface area contributed by atoms with Crippen LogP contribution in [0.15, 0.2) is 54.6 Å². The van der Waals surface area contributed by atoms with Crippen LogP contribution in [0.1, 0.15) is 24.4 Å². The predicted octanol–water partition coefficient (Wildman–Crippen LogP) is 3.72. The Labute approximate surface area is 158 Å². The molecule has 6 nitrogen and oxygen atoms in total. The molecule has 1 aliphatic rings. The third kappa shape index (κ3) is 3.50. The highest BCUT2D eigenvalue weighted by molar-refractivity contribution is 5.73. The van der Waals surface area contributed by atoms with Gasteiger partial charge in [0.2, 0.25) is 0 Å². The quantitative estimate of drug-likeness (QED) is 0.741. The third-order valence-electron chi connectivity index (χ3n) is 4.77. The normalized spacial score (nSPS) is 16.6. The summed E-state index contributed by atoms with van der Waals surface area (Å²) in [6.07, 6.45) is 2.09. The van der Waals surface area contributed by atoms with Gasteiger partial charge in [0.25, 0.3) is 0 Å². The van der Waals surface area contributed by atoms with Crippen LogP contribution in [0.3, 0.4) is 0 Å². The summed E-state index contributed by atoms with van der Waals surface area (Å²) in [6.45, 7) is 1.84. The van der Waals surface area contributed by atoms with Gasteiger partial charge in [0.15, 0.2) is 5.82 Å². The molecule has 1 saturated heterocycles. The molecule has 0 amide bonds. The molecule has 0 saturated carbocycles. The van der Waals surface area contributed by atoms with E-state index in [0.29, 0.717) is 5.56 Å². The zero-order valence-corrected chi connectivity index (χ0v) is 14.9. The van der Waals surface area contributed by atoms with Crippen LogP contribution in [-0.2, 0) is 0 Å². The molecule has 3 aromatic rings. The lowest BCUT2D eigenvalue weighted by atomic mass is 10.0. The number of benzene rings is 2. The Bertz CT molecular complexity index is 951. The molecular weight excluding hydrogens is 338 g/mol. The van der Waals surface area contributed by atoms with Crippen molar-refractivity contribution in [1.29, 1.82) is 5.26 Å². The molecular formula is C21H21N5O. The van der Waals surface area contributed by atoms with Gasteiger partial charge in [-0.3, -0.25) is 4.68 Å². The van der Waals surface area contributed by atoms with Gasteiger partial charge in [-0.2, -0.15) is 10.4 Å². The van der Waals surface area contributed by atoms with E-state index in [1.807, 2.05) is 59.3 Å². The van der Waals surface area contributed by atoms with Crippen molar-refractivity contribution in [3.05, 3.63) is 60.2 Å². The number of hydrogen-bond acceptors (Lipinski definition) is 5. The number of aromatic nitrogens is 2. The molecule has 0 spiro atoms. The highest BCUT2D eigenvalue weighted by Crippen LogP contribution is 2.33. The van der Waals surface area contributed by atoms with E-state index in [2.05, 4.69) is 16.5 Å². The molecule has 0 unspecified atom stereocenters. The van der Waals surface area contributed by atoms with E-state index in [-0.39, 0.29) is 11.9 Å². The van der Waals surface area contributed by atoms with E-state index >= 15 is 0 Å². The zero-order valence-electron chi connectivity index (χ0n) is 14.9. The second kappa shape index (κ2) is 7.52. The first-order valence-electron chi connectivity index (χ1n) is 9.08. The Morgan fingerprint density at radius 1 is 1.11 bits per heavy atom. The van der Waals surface area contributed by atoms with Crippen molar-refractivity contribution in [2.75, 3.05) is 18.8 Å². The first kappa shape index (κ1) is 17.1. The maximum Gasteiger partial charge on any atom is 0.164 e. The molecule has 1 atom stereocenters. The summed E-state index contributed by atoms with van der Waals surface area (Å²) in [5, 5.41) is 17.5. The molecule has 2 heterocycles. The van der Waals surface area contributed by atoms with Gasteiger partial charge in [-0.05, 0) is 55.8 Å². The lowest BCUT2D eigenvalue weighted by Crippen LogP contribution is -2.32. The van der Waals surface area contributed by atoms with E-state index in [4.69, 9.17) is 10.5 Å². The summed E-state index contributed by atoms with van der Waals surface area (Å²) < 4.78 is 7.77. The van der Waals surface area contributed by atoms with Gasteiger partial charge < -0.3 is 15.8 Å². The molecule has 3 N–H and O–H groups in total. The van der Waals surface area contributed by atoms with Crippen LogP contribution in [0.4, 0.5) is 5.82 Å². The minimum Gasteiger partial charge on any atom is -0.457 e. The van der Waals surface area contributed by atoms with Crippen LogP contribution >= 0.6 is 0 Å². The van der Waals surface area contributed by atoms with Gasteiger partial charge in [0, 0.05) is 12.1 Å². The van der Waals surface area contributed by atoms with Gasteiger partial charge >= 0.3 is 0 Å². The fourth-order valence-electron chi connectivity index (χ4n) is 3.45. The number of nitrogens with one attached hydrogen (secondary N) is 1.